The zero-order valence-electron chi connectivity index (χ0n) is 5.89. The van der Waals surface area contributed by atoms with E-state index in [1.165, 1.54) is 13.2 Å². The molecule has 0 bridgehead atoms. The van der Waals surface area contributed by atoms with Crippen LogP contribution in [0.1, 0.15) is 26.7 Å². The summed E-state index contributed by atoms with van der Waals surface area (Å²) in [5.74, 6) is -0.262. The molecule has 0 spiro atoms. The number of hydrogen-bond acceptors (Lipinski definition) is 2. The third-order valence-electron chi connectivity index (χ3n) is 0.786. The molecule has 2 nitrogen and oxygen atoms in total. The summed E-state index contributed by atoms with van der Waals surface area (Å²) in [4.78, 5) is 10.1. The largest absolute Gasteiger partial charge is 0.435 e. The van der Waals surface area contributed by atoms with Gasteiger partial charge >= 0.3 is 5.97 Å². The normalized spacial score (nSPS) is 10.0. The SMILES string of the molecule is CCC/C=C\OC(C)=O. The Labute approximate surface area is 55.5 Å². The Hall–Kier alpha value is -0.790. The van der Waals surface area contributed by atoms with Gasteiger partial charge in [-0.15, -0.1) is 0 Å². The van der Waals surface area contributed by atoms with Gasteiger partial charge in [0, 0.05) is 6.92 Å². The lowest BCUT2D eigenvalue weighted by molar-refractivity contribution is -0.135. The van der Waals surface area contributed by atoms with Crippen LogP contribution in [0.25, 0.3) is 0 Å². The highest BCUT2D eigenvalue weighted by molar-refractivity contribution is 5.66. The van der Waals surface area contributed by atoms with Gasteiger partial charge in [-0.1, -0.05) is 13.3 Å². The van der Waals surface area contributed by atoms with Crippen LogP contribution in [0.15, 0.2) is 12.3 Å². The van der Waals surface area contributed by atoms with Gasteiger partial charge in [0.2, 0.25) is 0 Å². The van der Waals surface area contributed by atoms with E-state index in [1.807, 2.05) is 6.08 Å². The first-order chi connectivity index (χ1) is 4.27. The van der Waals surface area contributed by atoms with E-state index in [2.05, 4.69) is 11.7 Å². The number of allylic oxidation sites excluding steroid dienone is 1. The minimum atomic E-state index is -0.262. The molecule has 2 heteroatoms. The predicted octanol–water partition coefficient (Wildman–Crippen LogP) is 1.86. The summed E-state index contributed by atoms with van der Waals surface area (Å²) in [5.41, 5.74) is 0. The average molecular weight is 128 g/mol. The topological polar surface area (TPSA) is 26.3 Å². The van der Waals surface area contributed by atoms with E-state index < -0.39 is 0 Å². The molecular formula is C7H12O2. The van der Waals surface area contributed by atoms with Gasteiger partial charge in [0.1, 0.15) is 0 Å². The zero-order valence-corrected chi connectivity index (χ0v) is 5.89. The summed E-state index contributed by atoms with van der Waals surface area (Å²) in [7, 11) is 0. The van der Waals surface area contributed by atoms with Crippen molar-refractivity contribution in [3.05, 3.63) is 12.3 Å². The predicted molar refractivity (Wildman–Crippen MR) is 35.8 cm³/mol. The van der Waals surface area contributed by atoms with Gasteiger partial charge in [-0.2, -0.15) is 0 Å². The quantitative estimate of drug-likeness (QED) is 0.428. The molecule has 0 unspecified atom stereocenters. The Morgan fingerprint density at radius 2 is 2.33 bits per heavy atom. The molecule has 0 saturated heterocycles. The van der Waals surface area contributed by atoms with Gasteiger partial charge in [-0.25, -0.2) is 0 Å². The van der Waals surface area contributed by atoms with Crippen LogP contribution in [0.4, 0.5) is 0 Å². The first kappa shape index (κ1) is 8.21. The molecule has 52 valence electrons. The molecule has 0 aliphatic carbocycles. The first-order valence-corrected chi connectivity index (χ1v) is 3.09. The maximum Gasteiger partial charge on any atom is 0.307 e. The van der Waals surface area contributed by atoms with Gasteiger partial charge in [0.25, 0.3) is 0 Å². The first-order valence-electron chi connectivity index (χ1n) is 3.09. The smallest absolute Gasteiger partial charge is 0.307 e. The van der Waals surface area contributed by atoms with Gasteiger partial charge in [-0.3, -0.25) is 4.79 Å². The van der Waals surface area contributed by atoms with E-state index >= 15 is 0 Å². The molecule has 0 aromatic rings. The minimum Gasteiger partial charge on any atom is -0.435 e. The third kappa shape index (κ3) is 7.21. The molecule has 0 radical (unpaired) electrons. The van der Waals surface area contributed by atoms with Crippen LogP contribution in [-0.2, 0) is 9.53 Å². The van der Waals surface area contributed by atoms with E-state index in [0.29, 0.717) is 0 Å². The maximum atomic E-state index is 10.1. The van der Waals surface area contributed by atoms with E-state index in [4.69, 9.17) is 0 Å². The minimum absolute atomic E-state index is 0.262. The molecule has 0 atom stereocenters. The fourth-order valence-electron chi connectivity index (χ4n) is 0.379. The molecule has 0 aromatic carbocycles. The Morgan fingerprint density at radius 1 is 1.67 bits per heavy atom. The van der Waals surface area contributed by atoms with E-state index in [0.717, 1.165) is 12.8 Å². The van der Waals surface area contributed by atoms with Crippen LogP contribution < -0.4 is 0 Å². The van der Waals surface area contributed by atoms with Crippen molar-refractivity contribution in [2.75, 3.05) is 0 Å². The second kappa shape index (κ2) is 5.35. The lowest BCUT2D eigenvalue weighted by atomic mass is 10.3. The molecule has 0 saturated carbocycles. The Bertz CT molecular complexity index is 105. The summed E-state index contributed by atoms with van der Waals surface area (Å²) in [6.45, 7) is 3.45. The number of carbonyl (C=O) groups is 1. The Kier molecular flexibility index (Phi) is 4.88. The Morgan fingerprint density at radius 3 is 2.78 bits per heavy atom. The van der Waals surface area contributed by atoms with Crippen molar-refractivity contribution < 1.29 is 9.53 Å². The number of esters is 1. The van der Waals surface area contributed by atoms with Crippen LogP contribution in [-0.4, -0.2) is 5.97 Å². The highest BCUT2D eigenvalue weighted by Gasteiger charge is 1.82. The van der Waals surface area contributed by atoms with Gasteiger partial charge in [0.05, 0.1) is 6.26 Å². The molecule has 9 heavy (non-hydrogen) atoms. The second-order valence-electron chi connectivity index (χ2n) is 1.77. The summed E-state index contributed by atoms with van der Waals surface area (Å²) >= 11 is 0. The van der Waals surface area contributed by atoms with Crippen LogP contribution in [0.5, 0.6) is 0 Å². The molecule has 0 amide bonds. The van der Waals surface area contributed by atoms with Crippen LogP contribution in [0.2, 0.25) is 0 Å². The highest BCUT2D eigenvalue weighted by Crippen LogP contribution is 1.88. The fraction of sp³-hybridized carbons (Fsp3) is 0.571. The van der Waals surface area contributed by atoms with Crippen molar-refractivity contribution in [1.82, 2.24) is 0 Å². The second-order valence-corrected chi connectivity index (χ2v) is 1.77. The van der Waals surface area contributed by atoms with Crippen LogP contribution in [0.3, 0.4) is 0 Å². The highest BCUT2D eigenvalue weighted by atomic mass is 16.5. The van der Waals surface area contributed by atoms with Crippen LogP contribution in [0, 0.1) is 0 Å². The number of ether oxygens (including phenoxy) is 1. The zero-order chi connectivity index (χ0) is 7.11. The van der Waals surface area contributed by atoms with Crippen molar-refractivity contribution in [1.29, 1.82) is 0 Å². The summed E-state index contributed by atoms with van der Waals surface area (Å²) in [5, 5.41) is 0. The van der Waals surface area contributed by atoms with E-state index in [9.17, 15) is 4.79 Å². The molecule has 0 aliphatic rings. The molecule has 0 rings (SSSR count). The van der Waals surface area contributed by atoms with E-state index in [1.54, 1.807) is 0 Å². The fourth-order valence-corrected chi connectivity index (χ4v) is 0.379. The summed E-state index contributed by atoms with van der Waals surface area (Å²) in [6.07, 6.45) is 5.32. The standard InChI is InChI=1S/C7H12O2/c1-3-4-5-6-9-7(2)8/h5-6H,3-4H2,1-2H3/b6-5-. The number of carbonyl (C=O) groups excluding carboxylic acids is 1. The number of unbranched alkanes of at least 4 members (excludes halogenated alkanes) is 1. The molecular weight excluding hydrogens is 116 g/mol. The summed E-state index contributed by atoms with van der Waals surface area (Å²) in [6, 6.07) is 0. The van der Waals surface area contributed by atoms with Gasteiger partial charge in [-0.05, 0) is 12.5 Å². The monoisotopic (exact) mass is 128 g/mol. The van der Waals surface area contributed by atoms with Gasteiger partial charge in [0.15, 0.2) is 0 Å². The molecule has 0 aromatic heterocycles. The molecule has 0 N–H and O–H groups in total. The lowest BCUT2D eigenvalue weighted by Crippen LogP contribution is -1.88. The van der Waals surface area contributed by atoms with Gasteiger partial charge < -0.3 is 4.74 Å². The van der Waals surface area contributed by atoms with Crippen LogP contribution >= 0.6 is 0 Å². The van der Waals surface area contributed by atoms with Crippen molar-refractivity contribution in [2.45, 2.75) is 26.7 Å². The number of hydrogen-bond donors (Lipinski definition) is 0. The van der Waals surface area contributed by atoms with E-state index in [-0.39, 0.29) is 5.97 Å². The van der Waals surface area contributed by atoms with Crippen molar-refractivity contribution in [3.8, 4) is 0 Å². The van der Waals surface area contributed by atoms with Crippen molar-refractivity contribution in [3.63, 3.8) is 0 Å². The molecule has 0 aliphatic heterocycles. The third-order valence-corrected chi connectivity index (χ3v) is 0.786. The Balaban J connectivity index is 3.14. The molecule has 0 fully saturated rings. The lowest BCUT2D eigenvalue weighted by Gasteiger charge is -1.88. The van der Waals surface area contributed by atoms with Crippen molar-refractivity contribution in [2.24, 2.45) is 0 Å². The maximum absolute atomic E-state index is 10.1. The number of rotatable bonds is 3. The average Bonchev–Trinajstić information content (AvgIpc) is 1.80. The van der Waals surface area contributed by atoms with Crippen molar-refractivity contribution >= 4 is 5.97 Å². The summed E-state index contributed by atoms with van der Waals surface area (Å²) < 4.78 is 4.52. The molecule has 0 heterocycles.